The van der Waals surface area contributed by atoms with Gasteiger partial charge in [0.05, 0.1) is 18.7 Å². The lowest BCUT2D eigenvalue weighted by Gasteiger charge is -2.09. The molecule has 2 aromatic rings. The van der Waals surface area contributed by atoms with Crippen LogP contribution in [0.2, 0.25) is 5.02 Å². The van der Waals surface area contributed by atoms with Crippen molar-refractivity contribution in [3.05, 3.63) is 41.0 Å². The Balaban J connectivity index is 1.86. The third-order valence-corrected chi connectivity index (χ3v) is 3.32. The molecule has 0 saturated heterocycles. The van der Waals surface area contributed by atoms with Crippen LogP contribution in [0.4, 0.5) is 0 Å². The second-order valence-electron chi connectivity index (χ2n) is 4.47. The van der Waals surface area contributed by atoms with E-state index in [0.29, 0.717) is 13.2 Å². The number of halogens is 1. The Hall–Kier alpha value is -1.20. The number of aliphatic hydroxyl groups excluding tert-OH is 1. The van der Waals surface area contributed by atoms with Gasteiger partial charge in [-0.15, -0.1) is 0 Å². The molecular formula is C15H19ClN2O2. The molecule has 0 atom stereocenters. The molecule has 0 bridgehead atoms. The van der Waals surface area contributed by atoms with Gasteiger partial charge in [0.25, 0.3) is 0 Å². The number of fused-ring (bicyclic) bond motifs is 1. The fourth-order valence-corrected chi connectivity index (χ4v) is 2.24. The standard InChI is InChI=1S/C15H19ClN2O2/c16-14-5-4-12(15-13(14)3-1-7-18-15)11-17-6-2-9-20-10-8-19/h1,3-5,7,17,19H,2,6,8-11H2. The van der Waals surface area contributed by atoms with Crippen molar-refractivity contribution in [3.63, 3.8) is 0 Å². The van der Waals surface area contributed by atoms with Crippen molar-refractivity contribution in [2.45, 2.75) is 13.0 Å². The van der Waals surface area contributed by atoms with E-state index in [1.807, 2.05) is 24.3 Å². The topological polar surface area (TPSA) is 54.4 Å². The van der Waals surface area contributed by atoms with Crippen molar-refractivity contribution >= 4 is 22.5 Å². The van der Waals surface area contributed by atoms with Crippen LogP contribution in [0.15, 0.2) is 30.5 Å². The van der Waals surface area contributed by atoms with Crippen LogP contribution in [0, 0.1) is 0 Å². The average molecular weight is 295 g/mol. The van der Waals surface area contributed by atoms with Crippen molar-refractivity contribution < 1.29 is 9.84 Å². The lowest BCUT2D eigenvalue weighted by Crippen LogP contribution is -2.17. The third-order valence-electron chi connectivity index (χ3n) is 2.99. The predicted molar refractivity (Wildman–Crippen MR) is 81.0 cm³/mol. The number of aliphatic hydroxyl groups is 1. The Morgan fingerprint density at radius 3 is 3.00 bits per heavy atom. The van der Waals surface area contributed by atoms with E-state index in [9.17, 15) is 0 Å². The maximum Gasteiger partial charge on any atom is 0.0761 e. The number of nitrogens with zero attached hydrogens (tertiary/aromatic N) is 1. The van der Waals surface area contributed by atoms with Gasteiger partial charge in [0.1, 0.15) is 0 Å². The molecule has 0 aliphatic carbocycles. The maximum absolute atomic E-state index is 8.58. The van der Waals surface area contributed by atoms with Gasteiger partial charge >= 0.3 is 0 Å². The summed E-state index contributed by atoms with van der Waals surface area (Å²) in [5.74, 6) is 0. The Labute approximate surface area is 123 Å². The van der Waals surface area contributed by atoms with Crippen molar-refractivity contribution in [1.29, 1.82) is 0 Å². The van der Waals surface area contributed by atoms with Crippen LogP contribution in [-0.2, 0) is 11.3 Å². The largest absolute Gasteiger partial charge is 0.394 e. The summed E-state index contributed by atoms with van der Waals surface area (Å²) in [6.45, 7) is 2.77. The molecule has 0 saturated carbocycles. The summed E-state index contributed by atoms with van der Waals surface area (Å²) >= 11 is 6.16. The molecule has 0 aliphatic rings. The number of pyridine rings is 1. The lowest BCUT2D eigenvalue weighted by atomic mass is 10.1. The molecule has 2 N–H and O–H groups in total. The van der Waals surface area contributed by atoms with E-state index >= 15 is 0 Å². The minimum Gasteiger partial charge on any atom is -0.394 e. The van der Waals surface area contributed by atoms with Gasteiger partial charge in [-0.05, 0) is 36.7 Å². The van der Waals surface area contributed by atoms with Gasteiger partial charge in [-0.1, -0.05) is 17.7 Å². The predicted octanol–water partition coefficient (Wildman–Crippen LogP) is 2.38. The van der Waals surface area contributed by atoms with Crippen LogP contribution in [0.25, 0.3) is 10.9 Å². The zero-order valence-electron chi connectivity index (χ0n) is 11.3. The summed E-state index contributed by atoms with van der Waals surface area (Å²) in [5.41, 5.74) is 2.09. The van der Waals surface area contributed by atoms with E-state index in [4.69, 9.17) is 21.4 Å². The molecule has 0 unspecified atom stereocenters. The summed E-state index contributed by atoms with van der Waals surface area (Å²) in [7, 11) is 0. The van der Waals surface area contributed by atoms with E-state index in [0.717, 1.165) is 41.0 Å². The summed E-state index contributed by atoms with van der Waals surface area (Å²) < 4.78 is 5.20. The normalized spacial score (nSPS) is 11.1. The number of nitrogens with one attached hydrogen (secondary N) is 1. The first-order valence-electron chi connectivity index (χ1n) is 6.74. The zero-order valence-corrected chi connectivity index (χ0v) is 12.1. The molecule has 108 valence electrons. The summed E-state index contributed by atoms with van der Waals surface area (Å²) in [6, 6.07) is 7.79. The summed E-state index contributed by atoms with van der Waals surface area (Å²) in [4.78, 5) is 4.40. The fraction of sp³-hybridized carbons (Fsp3) is 0.400. The smallest absolute Gasteiger partial charge is 0.0761 e. The van der Waals surface area contributed by atoms with Crippen molar-refractivity contribution in [1.82, 2.24) is 10.3 Å². The first-order valence-corrected chi connectivity index (χ1v) is 7.12. The molecule has 4 nitrogen and oxygen atoms in total. The first-order chi connectivity index (χ1) is 9.83. The number of hydrogen-bond acceptors (Lipinski definition) is 4. The third kappa shape index (κ3) is 4.15. The maximum atomic E-state index is 8.58. The lowest BCUT2D eigenvalue weighted by molar-refractivity contribution is 0.0907. The van der Waals surface area contributed by atoms with Crippen molar-refractivity contribution in [3.8, 4) is 0 Å². The fourth-order valence-electron chi connectivity index (χ4n) is 2.03. The van der Waals surface area contributed by atoms with E-state index in [-0.39, 0.29) is 6.61 Å². The number of rotatable bonds is 8. The molecule has 0 fully saturated rings. The van der Waals surface area contributed by atoms with Crippen LogP contribution in [0.3, 0.4) is 0 Å². The van der Waals surface area contributed by atoms with Crippen LogP contribution in [-0.4, -0.2) is 36.5 Å². The highest BCUT2D eigenvalue weighted by atomic mass is 35.5. The van der Waals surface area contributed by atoms with Crippen molar-refractivity contribution in [2.75, 3.05) is 26.4 Å². The van der Waals surface area contributed by atoms with Crippen LogP contribution in [0.1, 0.15) is 12.0 Å². The minimum absolute atomic E-state index is 0.0792. The van der Waals surface area contributed by atoms with Gasteiger partial charge in [0, 0.05) is 29.8 Å². The number of aromatic nitrogens is 1. The first kappa shape index (κ1) is 15.2. The highest BCUT2D eigenvalue weighted by Gasteiger charge is 2.04. The monoisotopic (exact) mass is 294 g/mol. The van der Waals surface area contributed by atoms with Gasteiger partial charge < -0.3 is 15.2 Å². The van der Waals surface area contributed by atoms with E-state index in [1.54, 1.807) is 6.20 Å². The zero-order chi connectivity index (χ0) is 14.2. The Kier molecular flexibility index (Phi) is 6.21. The molecule has 1 aromatic heterocycles. The molecule has 1 aromatic carbocycles. The van der Waals surface area contributed by atoms with Gasteiger partial charge in [-0.2, -0.15) is 0 Å². The minimum atomic E-state index is 0.0792. The van der Waals surface area contributed by atoms with Gasteiger partial charge in [-0.3, -0.25) is 4.98 Å². The molecule has 0 spiro atoms. The summed E-state index contributed by atoms with van der Waals surface area (Å²) in [5, 5.41) is 13.7. The quantitative estimate of drug-likeness (QED) is 0.734. The number of benzene rings is 1. The second-order valence-corrected chi connectivity index (χ2v) is 4.88. The van der Waals surface area contributed by atoms with Crippen LogP contribution >= 0.6 is 11.6 Å². The molecule has 0 amide bonds. The SMILES string of the molecule is OCCOCCCNCc1ccc(Cl)c2cccnc12. The molecular weight excluding hydrogens is 276 g/mol. The highest BCUT2D eigenvalue weighted by molar-refractivity contribution is 6.35. The Bertz CT molecular complexity index is 548. The van der Waals surface area contributed by atoms with Gasteiger partial charge in [0.2, 0.25) is 0 Å². The summed E-state index contributed by atoms with van der Waals surface area (Å²) in [6.07, 6.45) is 2.70. The molecule has 1 heterocycles. The number of hydrogen-bond donors (Lipinski definition) is 2. The molecule has 5 heteroatoms. The van der Waals surface area contributed by atoms with E-state index in [1.165, 1.54) is 0 Å². The van der Waals surface area contributed by atoms with Gasteiger partial charge in [0.15, 0.2) is 0 Å². The molecule has 2 rings (SSSR count). The Morgan fingerprint density at radius 2 is 2.15 bits per heavy atom. The number of ether oxygens (including phenoxy) is 1. The van der Waals surface area contributed by atoms with Crippen LogP contribution in [0.5, 0.6) is 0 Å². The second kappa shape index (κ2) is 8.17. The van der Waals surface area contributed by atoms with Gasteiger partial charge in [-0.25, -0.2) is 0 Å². The molecule has 0 aliphatic heterocycles. The molecule has 0 radical (unpaired) electrons. The highest BCUT2D eigenvalue weighted by Crippen LogP contribution is 2.24. The average Bonchev–Trinajstić information content (AvgIpc) is 2.49. The van der Waals surface area contributed by atoms with E-state index < -0.39 is 0 Å². The van der Waals surface area contributed by atoms with Crippen molar-refractivity contribution in [2.24, 2.45) is 0 Å². The molecule has 20 heavy (non-hydrogen) atoms. The van der Waals surface area contributed by atoms with E-state index in [2.05, 4.69) is 10.3 Å². The Morgan fingerprint density at radius 1 is 1.25 bits per heavy atom. The van der Waals surface area contributed by atoms with Crippen LogP contribution < -0.4 is 5.32 Å².